The van der Waals surface area contributed by atoms with Crippen LogP contribution in [0.2, 0.25) is 0 Å². The second-order valence-corrected chi connectivity index (χ2v) is 7.43. The minimum atomic E-state index is -0.189. The predicted molar refractivity (Wildman–Crippen MR) is 92.7 cm³/mol. The third kappa shape index (κ3) is 3.49. The van der Waals surface area contributed by atoms with Crippen LogP contribution in [0.1, 0.15) is 37.1 Å². The summed E-state index contributed by atoms with van der Waals surface area (Å²) in [6.07, 6.45) is 4.09. The molecule has 1 spiro atoms. The van der Waals surface area contributed by atoms with Crippen LogP contribution in [-0.2, 0) is 11.3 Å². The lowest BCUT2D eigenvalue weighted by Crippen LogP contribution is -2.50. The van der Waals surface area contributed by atoms with Gasteiger partial charge < -0.3 is 14.9 Å². The average molecular weight is 334 g/mol. The summed E-state index contributed by atoms with van der Waals surface area (Å²) < 4.78 is 2.08. The molecular formula is C18H30N4O2. The van der Waals surface area contributed by atoms with E-state index in [1.165, 1.54) is 5.69 Å². The first kappa shape index (κ1) is 17.4. The fourth-order valence-electron chi connectivity index (χ4n) is 4.36. The smallest absolute Gasteiger partial charge is 0.230 e. The van der Waals surface area contributed by atoms with Crippen LogP contribution < -0.4 is 0 Å². The highest BCUT2D eigenvalue weighted by atomic mass is 16.3. The van der Waals surface area contributed by atoms with E-state index in [4.69, 9.17) is 5.11 Å². The van der Waals surface area contributed by atoms with Crippen LogP contribution in [-0.4, -0.2) is 69.9 Å². The molecule has 1 atom stereocenters. The standard InChI is InChI=1S/C18H30N4O2/c1-15-13-16(2)22(19-15)9-4-7-20-10-6-18(14-20)5-3-8-21(11-12-23)17(18)24/h13,23H,3-12,14H2,1-2H3/t18-/m1/s1. The van der Waals surface area contributed by atoms with Gasteiger partial charge in [-0.2, -0.15) is 5.10 Å². The minimum Gasteiger partial charge on any atom is -0.395 e. The summed E-state index contributed by atoms with van der Waals surface area (Å²) in [5.41, 5.74) is 2.10. The molecule has 3 rings (SSSR count). The fourth-order valence-corrected chi connectivity index (χ4v) is 4.36. The second kappa shape index (κ2) is 7.23. The molecule has 2 fully saturated rings. The molecule has 0 bridgehead atoms. The molecule has 2 saturated heterocycles. The summed E-state index contributed by atoms with van der Waals surface area (Å²) in [4.78, 5) is 17.1. The molecular weight excluding hydrogens is 304 g/mol. The third-order valence-electron chi connectivity index (χ3n) is 5.57. The number of aliphatic hydroxyl groups is 1. The molecule has 1 aromatic rings. The lowest BCUT2D eigenvalue weighted by molar-refractivity contribution is -0.146. The van der Waals surface area contributed by atoms with Crippen LogP contribution in [0.5, 0.6) is 0 Å². The van der Waals surface area contributed by atoms with Crippen LogP contribution in [0, 0.1) is 19.3 Å². The Hall–Kier alpha value is -1.40. The molecule has 1 amide bonds. The number of hydrogen-bond acceptors (Lipinski definition) is 4. The van der Waals surface area contributed by atoms with Gasteiger partial charge in [-0.15, -0.1) is 0 Å². The van der Waals surface area contributed by atoms with Gasteiger partial charge in [0.05, 0.1) is 17.7 Å². The van der Waals surface area contributed by atoms with Crippen molar-refractivity contribution >= 4 is 5.91 Å². The van der Waals surface area contributed by atoms with Gasteiger partial charge in [-0.25, -0.2) is 0 Å². The number of hydrogen-bond donors (Lipinski definition) is 1. The highest BCUT2D eigenvalue weighted by Crippen LogP contribution is 2.39. The Morgan fingerprint density at radius 1 is 1.21 bits per heavy atom. The van der Waals surface area contributed by atoms with Crippen LogP contribution in [0.3, 0.4) is 0 Å². The topological polar surface area (TPSA) is 61.6 Å². The molecule has 24 heavy (non-hydrogen) atoms. The Morgan fingerprint density at radius 2 is 2.04 bits per heavy atom. The van der Waals surface area contributed by atoms with Gasteiger partial charge in [0.2, 0.25) is 5.91 Å². The van der Waals surface area contributed by atoms with Crippen molar-refractivity contribution < 1.29 is 9.90 Å². The first-order valence-electron chi connectivity index (χ1n) is 9.18. The zero-order valence-electron chi connectivity index (χ0n) is 15.0. The van der Waals surface area contributed by atoms with Crippen molar-refractivity contribution in [2.75, 3.05) is 39.3 Å². The van der Waals surface area contributed by atoms with Gasteiger partial charge >= 0.3 is 0 Å². The van der Waals surface area contributed by atoms with E-state index in [1.807, 2.05) is 11.8 Å². The van der Waals surface area contributed by atoms with Crippen molar-refractivity contribution in [1.82, 2.24) is 19.6 Å². The van der Waals surface area contributed by atoms with Gasteiger partial charge in [0.15, 0.2) is 0 Å². The van der Waals surface area contributed by atoms with E-state index in [-0.39, 0.29) is 17.9 Å². The normalized spacial score (nSPS) is 25.1. The van der Waals surface area contributed by atoms with Crippen LogP contribution in [0.25, 0.3) is 0 Å². The van der Waals surface area contributed by atoms with Crippen molar-refractivity contribution in [3.05, 3.63) is 17.5 Å². The molecule has 0 radical (unpaired) electrons. The van der Waals surface area contributed by atoms with Gasteiger partial charge in [0, 0.05) is 31.9 Å². The minimum absolute atomic E-state index is 0.0637. The van der Waals surface area contributed by atoms with E-state index in [0.29, 0.717) is 6.54 Å². The summed E-state index contributed by atoms with van der Waals surface area (Å²) in [7, 11) is 0. The zero-order chi connectivity index (χ0) is 17.2. The Morgan fingerprint density at radius 3 is 2.75 bits per heavy atom. The molecule has 6 heteroatoms. The van der Waals surface area contributed by atoms with Crippen molar-refractivity contribution in [2.24, 2.45) is 5.41 Å². The maximum atomic E-state index is 12.8. The van der Waals surface area contributed by atoms with E-state index >= 15 is 0 Å². The summed E-state index contributed by atoms with van der Waals surface area (Å²) >= 11 is 0. The van der Waals surface area contributed by atoms with E-state index in [2.05, 4.69) is 27.7 Å². The molecule has 1 aromatic heterocycles. The van der Waals surface area contributed by atoms with E-state index in [0.717, 1.165) is 64.1 Å². The van der Waals surface area contributed by atoms with Gasteiger partial charge in [-0.1, -0.05) is 0 Å². The molecule has 134 valence electrons. The monoisotopic (exact) mass is 334 g/mol. The number of rotatable bonds is 6. The molecule has 0 aliphatic carbocycles. The first-order valence-corrected chi connectivity index (χ1v) is 9.18. The molecule has 2 aliphatic heterocycles. The highest BCUT2D eigenvalue weighted by molar-refractivity contribution is 5.84. The van der Waals surface area contributed by atoms with Gasteiger partial charge in [-0.3, -0.25) is 9.48 Å². The lowest BCUT2D eigenvalue weighted by atomic mass is 9.78. The summed E-state index contributed by atoms with van der Waals surface area (Å²) in [5, 5.41) is 13.7. The van der Waals surface area contributed by atoms with Crippen molar-refractivity contribution in [3.63, 3.8) is 0 Å². The van der Waals surface area contributed by atoms with Crippen LogP contribution >= 0.6 is 0 Å². The Balaban J connectivity index is 1.51. The number of β-amino-alcohol motifs (C(OH)–C–C–N with tert-alkyl or cyclic N) is 1. The van der Waals surface area contributed by atoms with Gasteiger partial charge in [-0.05, 0) is 58.7 Å². The quantitative estimate of drug-likeness (QED) is 0.849. The number of aryl methyl sites for hydroxylation is 3. The predicted octanol–water partition coefficient (Wildman–Crippen LogP) is 1.20. The summed E-state index contributed by atoms with van der Waals surface area (Å²) in [6.45, 7) is 9.33. The van der Waals surface area contributed by atoms with Gasteiger partial charge in [0.1, 0.15) is 0 Å². The number of carbonyl (C=O) groups is 1. The Bertz CT molecular complexity index is 584. The molecule has 2 aliphatic rings. The maximum Gasteiger partial charge on any atom is 0.230 e. The largest absolute Gasteiger partial charge is 0.395 e. The van der Waals surface area contributed by atoms with E-state index in [9.17, 15) is 4.79 Å². The van der Waals surface area contributed by atoms with Crippen LogP contribution in [0.15, 0.2) is 6.07 Å². The summed E-state index contributed by atoms with van der Waals surface area (Å²) in [6, 6.07) is 2.11. The van der Waals surface area contributed by atoms with Crippen LogP contribution in [0.4, 0.5) is 0 Å². The molecule has 0 aromatic carbocycles. The second-order valence-electron chi connectivity index (χ2n) is 7.43. The van der Waals surface area contributed by atoms with Crippen molar-refractivity contribution in [3.8, 4) is 0 Å². The van der Waals surface area contributed by atoms with Crippen molar-refractivity contribution in [2.45, 2.75) is 46.1 Å². The number of aliphatic hydroxyl groups excluding tert-OH is 1. The lowest BCUT2D eigenvalue weighted by Gasteiger charge is -2.39. The van der Waals surface area contributed by atoms with E-state index in [1.54, 1.807) is 0 Å². The number of aromatic nitrogens is 2. The maximum absolute atomic E-state index is 12.8. The Labute approximate surface area is 144 Å². The molecule has 0 unspecified atom stereocenters. The number of likely N-dealkylation sites (tertiary alicyclic amines) is 2. The number of carbonyl (C=O) groups excluding carboxylic acids is 1. The average Bonchev–Trinajstić information content (AvgIpc) is 3.09. The molecule has 3 heterocycles. The third-order valence-corrected chi connectivity index (χ3v) is 5.57. The molecule has 1 N–H and O–H groups in total. The van der Waals surface area contributed by atoms with Gasteiger partial charge in [0.25, 0.3) is 0 Å². The zero-order valence-corrected chi connectivity index (χ0v) is 15.0. The fraction of sp³-hybridized carbons (Fsp3) is 0.778. The number of nitrogens with zero attached hydrogens (tertiary/aromatic N) is 4. The molecule has 0 saturated carbocycles. The molecule has 6 nitrogen and oxygen atoms in total. The van der Waals surface area contributed by atoms with Crippen molar-refractivity contribution in [1.29, 1.82) is 0 Å². The SMILES string of the molecule is Cc1cc(C)n(CCCN2CC[C@]3(CCCN(CCO)C3=O)C2)n1. The first-order chi connectivity index (χ1) is 11.5. The number of piperidine rings is 1. The van der Waals surface area contributed by atoms with E-state index < -0.39 is 0 Å². The number of amides is 1. The summed E-state index contributed by atoms with van der Waals surface area (Å²) in [5.74, 6) is 0.267. The highest BCUT2D eigenvalue weighted by Gasteiger charge is 2.47. The Kier molecular flexibility index (Phi) is 5.25.